The molecule has 0 atom stereocenters. The van der Waals surface area contributed by atoms with Crippen molar-refractivity contribution in [3.63, 3.8) is 0 Å². The van der Waals surface area contributed by atoms with Crippen molar-refractivity contribution in [1.82, 2.24) is 0 Å². The molecule has 7 nitrogen and oxygen atoms in total. The van der Waals surface area contributed by atoms with Crippen LogP contribution in [0.15, 0.2) is 103 Å². The molecule has 0 aliphatic carbocycles. The van der Waals surface area contributed by atoms with Crippen LogP contribution in [0.25, 0.3) is 6.08 Å². The number of nitrogens with one attached hydrogen (secondary N) is 1. The molecule has 0 radical (unpaired) electrons. The van der Waals surface area contributed by atoms with Gasteiger partial charge in [-0.15, -0.1) is 0 Å². The predicted octanol–water partition coefficient (Wildman–Crippen LogP) is 6.41. The van der Waals surface area contributed by atoms with E-state index in [4.69, 9.17) is 18.9 Å². The number of rotatable bonds is 11. The molecule has 39 heavy (non-hydrogen) atoms. The molecule has 0 bridgehead atoms. The first-order chi connectivity index (χ1) is 19.1. The fourth-order valence-electron chi connectivity index (χ4n) is 3.73. The number of anilines is 1. The van der Waals surface area contributed by atoms with E-state index in [0.29, 0.717) is 40.9 Å². The number of carbonyl (C=O) groups is 1. The Bertz CT molecular complexity index is 1470. The number of nitrogens with zero attached hydrogens (tertiary/aromatic N) is 1. The van der Waals surface area contributed by atoms with E-state index in [2.05, 4.69) is 5.32 Å². The van der Waals surface area contributed by atoms with Crippen molar-refractivity contribution in [1.29, 1.82) is 5.26 Å². The molecule has 0 spiro atoms. The average Bonchev–Trinajstić information content (AvgIpc) is 2.99. The van der Waals surface area contributed by atoms with Crippen LogP contribution in [0.4, 0.5) is 5.69 Å². The van der Waals surface area contributed by atoms with Gasteiger partial charge in [0, 0.05) is 11.3 Å². The zero-order chi connectivity index (χ0) is 27.5. The minimum Gasteiger partial charge on any atom is -0.497 e. The van der Waals surface area contributed by atoms with Gasteiger partial charge in [-0.25, -0.2) is 0 Å². The summed E-state index contributed by atoms with van der Waals surface area (Å²) in [6.45, 7) is 0.681. The van der Waals surface area contributed by atoms with E-state index in [0.717, 1.165) is 11.1 Å². The van der Waals surface area contributed by atoms with E-state index in [-0.39, 0.29) is 12.2 Å². The van der Waals surface area contributed by atoms with E-state index in [1.807, 2.05) is 66.7 Å². The third-order valence-corrected chi connectivity index (χ3v) is 5.79. The van der Waals surface area contributed by atoms with E-state index in [9.17, 15) is 10.1 Å². The summed E-state index contributed by atoms with van der Waals surface area (Å²) in [6, 6.07) is 31.6. The van der Waals surface area contributed by atoms with Crippen LogP contribution in [0.5, 0.6) is 23.0 Å². The number of hydrogen-bond donors (Lipinski definition) is 1. The van der Waals surface area contributed by atoms with Crippen LogP contribution in [0.1, 0.15) is 16.7 Å². The summed E-state index contributed by atoms with van der Waals surface area (Å²) in [7, 11) is 3.16. The van der Waals surface area contributed by atoms with Gasteiger partial charge >= 0.3 is 0 Å². The molecule has 4 aromatic carbocycles. The van der Waals surface area contributed by atoms with Crippen molar-refractivity contribution in [2.45, 2.75) is 13.2 Å². The Hall–Kier alpha value is -5.22. The van der Waals surface area contributed by atoms with Crippen LogP contribution in [0, 0.1) is 11.3 Å². The maximum atomic E-state index is 12.7. The lowest BCUT2D eigenvalue weighted by Crippen LogP contribution is -2.13. The fourth-order valence-corrected chi connectivity index (χ4v) is 3.73. The Morgan fingerprint density at radius 1 is 0.769 bits per heavy atom. The minimum atomic E-state index is -0.520. The monoisotopic (exact) mass is 520 g/mol. The molecule has 7 heteroatoms. The zero-order valence-corrected chi connectivity index (χ0v) is 21.7. The third kappa shape index (κ3) is 7.40. The van der Waals surface area contributed by atoms with E-state index in [1.54, 1.807) is 50.6 Å². The molecule has 0 heterocycles. The van der Waals surface area contributed by atoms with E-state index in [1.165, 1.54) is 6.08 Å². The number of amides is 1. The summed E-state index contributed by atoms with van der Waals surface area (Å²) in [5, 5.41) is 12.4. The first kappa shape index (κ1) is 26.8. The summed E-state index contributed by atoms with van der Waals surface area (Å²) in [6.07, 6.45) is 1.51. The molecule has 4 aromatic rings. The topological polar surface area (TPSA) is 89.8 Å². The Balaban J connectivity index is 1.44. The maximum Gasteiger partial charge on any atom is 0.266 e. The maximum absolute atomic E-state index is 12.7. The van der Waals surface area contributed by atoms with Crippen LogP contribution >= 0.6 is 0 Å². The van der Waals surface area contributed by atoms with Crippen molar-refractivity contribution in [3.8, 4) is 29.1 Å². The molecule has 1 N–H and O–H groups in total. The van der Waals surface area contributed by atoms with Gasteiger partial charge in [-0.05, 0) is 59.7 Å². The number of methoxy groups -OCH3 is 2. The molecular formula is C32H28N2O5. The Labute approximate surface area is 227 Å². The molecule has 0 aromatic heterocycles. The van der Waals surface area contributed by atoms with Gasteiger partial charge in [0.2, 0.25) is 0 Å². The normalized spacial score (nSPS) is 10.7. The molecule has 0 fully saturated rings. The minimum absolute atomic E-state index is 0.0524. The largest absolute Gasteiger partial charge is 0.497 e. The summed E-state index contributed by atoms with van der Waals surface area (Å²) >= 11 is 0. The van der Waals surface area contributed by atoms with Crippen molar-refractivity contribution in [2.75, 3.05) is 19.5 Å². The van der Waals surface area contributed by atoms with E-state index >= 15 is 0 Å². The number of nitriles is 1. The molecule has 196 valence electrons. The van der Waals surface area contributed by atoms with Gasteiger partial charge in [0.25, 0.3) is 5.91 Å². The van der Waals surface area contributed by atoms with Crippen molar-refractivity contribution < 1.29 is 23.7 Å². The molecule has 0 aliphatic heterocycles. The third-order valence-electron chi connectivity index (χ3n) is 5.79. The summed E-state index contributed by atoms with van der Waals surface area (Å²) in [5.41, 5.74) is 3.04. The number of hydrogen-bond acceptors (Lipinski definition) is 6. The lowest BCUT2D eigenvalue weighted by molar-refractivity contribution is -0.112. The van der Waals surface area contributed by atoms with Crippen molar-refractivity contribution in [3.05, 3.63) is 119 Å². The Morgan fingerprint density at radius 2 is 1.46 bits per heavy atom. The van der Waals surface area contributed by atoms with E-state index < -0.39 is 5.91 Å². The second kappa shape index (κ2) is 13.4. The quantitative estimate of drug-likeness (QED) is 0.182. The van der Waals surface area contributed by atoms with Crippen LogP contribution in [0.2, 0.25) is 0 Å². The highest BCUT2D eigenvalue weighted by atomic mass is 16.5. The van der Waals surface area contributed by atoms with Gasteiger partial charge in [0.05, 0.1) is 14.2 Å². The van der Waals surface area contributed by atoms with Crippen molar-refractivity contribution >= 4 is 17.7 Å². The molecule has 4 rings (SSSR count). The molecule has 1 amide bonds. The SMILES string of the molecule is COc1ccc(NC(=O)/C(C#N)=C\c2ccccc2OCc2ccc(OCc3ccccc3)c(OC)c2)cc1. The highest BCUT2D eigenvalue weighted by Crippen LogP contribution is 2.30. The van der Waals surface area contributed by atoms with Gasteiger partial charge < -0.3 is 24.3 Å². The second-order valence-electron chi connectivity index (χ2n) is 8.44. The fraction of sp³-hybridized carbons (Fsp3) is 0.125. The average molecular weight is 521 g/mol. The Morgan fingerprint density at radius 3 is 2.18 bits per heavy atom. The first-order valence-electron chi connectivity index (χ1n) is 12.2. The predicted molar refractivity (Wildman–Crippen MR) is 150 cm³/mol. The van der Waals surface area contributed by atoms with Crippen LogP contribution in [-0.2, 0) is 18.0 Å². The number of para-hydroxylation sites is 1. The molecule has 0 saturated heterocycles. The van der Waals surface area contributed by atoms with Gasteiger partial charge in [0.1, 0.15) is 36.4 Å². The number of benzene rings is 4. The lowest BCUT2D eigenvalue weighted by Gasteiger charge is -2.14. The zero-order valence-electron chi connectivity index (χ0n) is 21.7. The van der Waals surface area contributed by atoms with Gasteiger partial charge in [-0.1, -0.05) is 54.6 Å². The van der Waals surface area contributed by atoms with Crippen LogP contribution < -0.4 is 24.3 Å². The van der Waals surface area contributed by atoms with Gasteiger partial charge in [0.15, 0.2) is 11.5 Å². The molecule has 0 saturated carbocycles. The summed E-state index contributed by atoms with van der Waals surface area (Å²) < 4.78 is 22.7. The highest BCUT2D eigenvalue weighted by molar-refractivity contribution is 6.09. The molecular weight excluding hydrogens is 492 g/mol. The molecule has 0 unspecified atom stereocenters. The first-order valence-corrected chi connectivity index (χ1v) is 12.2. The van der Waals surface area contributed by atoms with Crippen LogP contribution in [-0.4, -0.2) is 20.1 Å². The summed E-state index contributed by atoms with van der Waals surface area (Å²) in [4.78, 5) is 12.7. The number of ether oxygens (including phenoxy) is 4. The standard InChI is InChI=1S/C32H28N2O5/c1-36-28-15-13-27(14-16-28)34-32(35)26(20-33)19-25-10-6-7-11-29(25)38-22-24-12-17-30(31(18-24)37-2)39-21-23-8-4-3-5-9-23/h3-19H,21-22H2,1-2H3,(H,34,35)/b26-19-. The lowest BCUT2D eigenvalue weighted by atomic mass is 10.1. The molecule has 0 aliphatic rings. The smallest absolute Gasteiger partial charge is 0.266 e. The highest BCUT2D eigenvalue weighted by Gasteiger charge is 2.12. The summed E-state index contributed by atoms with van der Waals surface area (Å²) in [5.74, 6) is 1.92. The van der Waals surface area contributed by atoms with Gasteiger partial charge in [-0.3, -0.25) is 4.79 Å². The second-order valence-corrected chi connectivity index (χ2v) is 8.44. The number of carbonyl (C=O) groups excluding carboxylic acids is 1. The van der Waals surface area contributed by atoms with Crippen LogP contribution in [0.3, 0.4) is 0 Å². The van der Waals surface area contributed by atoms with Crippen molar-refractivity contribution in [2.24, 2.45) is 0 Å². The Kier molecular flexibility index (Phi) is 9.19. The van der Waals surface area contributed by atoms with Gasteiger partial charge in [-0.2, -0.15) is 5.26 Å².